The molecule has 3 N–H and O–H groups in total. The van der Waals surface area contributed by atoms with Crippen LogP contribution >= 0.6 is 0 Å². The van der Waals surface area contributed by atoms with Gasteiger partial charge >= 0.3 is 6.09 Å². The third-order valence-corrected chi connectivity index (χ3v) is 5.57. The molecule has 0 saturated heterocycles. The maximum atomic E-state index is 11.3. The summed E-state index contributed by atoms with van der Waals surface area (Å²) in [6, 6.07) is 5.89. The molecule has 2 aliphatic carbocycles. The lowest BCUT2D eigenvalue weighted by Gasteiger charge is -2.25. The number of carbonyl (C=O) groups is 1. The van der Waals surface area contributed by atoms with Crippen LogP contribution in [-0.4, -0.2) is 39.5 Å². The molecule has 0 heterocycles. The Kier molecular flexibility index (Phi) is 5.68. The van der Waals surface area contributed by atoms with E-state index >= 15 is 0 Å². The predicted molar refractivity (Wildman–Crippen MR) is 95.1 cm³/mol. The van der Waals surface area contributed by atoms with Crippen molar-refractivity contribution in [1.29, 1.82) is 0 Å². The number of nitrogens with one attached hydrogen (secondary N) is 1. The van der Waals surface area contributed by atoms with Gasteiger partial charge in [-0.1, -0.05) is 6.07 Å². The molecule has 1 aromatic carbocycles. The fourth-order valence-corrected chi connectivity index (χ4v) is 4.15. The average Bonchev–Trinajstić information content (AvgIpc) is 3.25. The summed E-state index contributed by atoms with van der Waals surface area (Å²) in [6.45, 7) is 0.840. The molecule has 1 amide bonds. The van der Waals surface area contributed by atoms with E-state index < -0.39 is 6.09 Å². The van der Waals surface area contributed by atoms with Crippen LogP contribution in [0.1, 0.15) is 37.2 Å². The van der Waals surface area contributed by atoms with Crippen LogP contribution in [0, 0.1) is 11.8 Å². The number of benzene rings is 1. The summed E-state index contributed by atoms with van der Waals surface area (Å²) in [5.74, 6) is 3.00. The highest BCUT2D eigenvalue weighted by molar-refractivity contribution is 5.67. The number of nitrogens with two attached hydrogens (primary N) is 1. The van der Waals surface area contributed by atoms with E-state index in [2.05, 4.69) is 10.1 Å². The van der Waals surface area contributed by atoms with Gasteiger partial charge in [0.05, 0.1) is 14.2 Å². The second kappa shape index (κ2) is 7.95. The highest BCUT2D eigenvalue weighted by Crippen LogP contribution is 2.47. The fraction of sp³-hybridized carbons (Fsp3) is 0.632. The lowest BCUT2D eigenvalue weighted by atomic mass is 9.97. The van der Waals surface area contributed by atoms with Crippen molar-refractivity contribution in [3.05, 3.63) is 23.8 Å². The zero-order chi connectivity index (χ0) is 17.8. The van der Waals surface area contributed by atoms with Crippen molar-refractivity contribution >= 4 is 6.09 Å². The van der Waals surface area contributed by atoms with E-state index in [1.54, 1.807) is 7.11 Å². The summed E-state index contributed by atoms with van der Waals surface area (Å²) in [5, 5.41) is 2.71. The molecule has 0 spiro atoms. The summed E-state index contributed by atoms with van der Waals surface area (Å²) in [5.41, 5.74) is 6.93. The summed E-state index contributed by atoms with van der Waals surface area (Å²) >= 11 is 0. The number of methoxy groups -OCH3 is 2. The topological polar surface area (TPSA) is 82.8 Å². The third kappa shape index (κ3) is 4.00. The van der Waals surface area contributed by atoms with E-state index in [0.29, 0.717) is 19.0 Å². The highest BCUT2D eigenvalue weighted by Gasteiger charge is 2.41. The first-order valence-electron chi connectivity index (χ1n) is 9.01. The number of alkyl carbamates (subject to hydrolysis) is 1. The molecule has 0 aromatic heterocycles. The first-order chi connectivity index (χ1) is 12.1. The van der Waals surface area contributed by atoms with Gasteiger partial charge in [-0.25, -0.2) is 4.79 Å². The normalized spacial score (nSPS) is 25.5. The Hall–Kier alpha value is -1.95. The van der Waals surface area contributed by atoms with Crippen LogP contribution in [0.3, 0.4) is 0 Å². The number of hydrogen-bond acceptors (Lipinski definition) is 5. The number of amides is 1. The van der Waals surface area contributed by atoms with Gasteiger partial charge in [-0.2, -0.15) is 0 Å². The molecule has 2 aliphatic rings. The van der Waals surface area contributed by atoms with E-state index in [-0.39, 0.29) is 12.0 Å². The monoisotopic (exact) mass is 348 g/mol. The molecule has 0 aliphatic heterocycles. The largest absolute Gasteiger partial charge is 0.493 e. The van der Waals surface area contributed by atoms with Crippen LogP contribution in [0.4, 0.5) is 4.79 Å². The van der Waals surface area contributed by atoms with Crippen molar-refractivity contribution in [2.75, 3.05) is 27.3 Å². The average molecular weight is 348 g/mol. The molecule has 25 heavy (non-hydrogen) atoms. The molecule has 138 valence electrons. The van der Waals surface area contributed by atoms with Crippen LogP contribution in [-0.2, 0) is 4.74 Å². The van der Waals surface area contributed by atoms with E-state index in [1.807, 2.05) is 18.2 Å². The molecular weight excluding hydrogens is 320 g/mol. The fourth-order valence-electron chi connectivity index (χ4n) is 4.15. The molecule has 0 radical (unpaired) electrons. The number of carbonyl (C=O) groups excluding carboxylic acids is 1. The Labute approximate surface area is 149 Å². The molecule has 4 atom stereocenters. The molecule has 2 bridgehead atoms. The standard InChI is InChI=1S/C19H28N2O4/c1-23-16-6-5-13(15(10-20)11-21-19(22)24-2)9-18(16)25-17-8-12-3-4-14(17)7-12/h5-6,9,12,14-15,17H,3-4,7-8,10-11,20H2,1-2H3,(H,21,22). The minimum atomic E-state index is -0.453. The number of rotatable bonds is 7. The van der Waals surface area contributed by atoms with Crippen LogP contribution in [0.2, 0.25) is 0 Å². The van der Waals surface area contributed by atoms with Gasteiger partial charge in [0.2, 0.25) is 0 Å². The molecule has 2 saturated carbocycles. The van der Waals surface area contributed by atoms with Gasteiger partial charge in [-0.15, -0.1) is 0 Å². The lowest BCUT2D eigenvalue weighted by molar-refractivity contribution is 0.133. The summed E-state index contributed by atoms with van der Waals surface area (Å²) in [4.78, 5) is 11.3. The number of hydrogen-bond donors (Lipinski definition) is 2. The SMILES string of the molecule is COC(=O)NCC(CN)c1ccc(OC)c(OC2CC3CCC2C3)c1. The second-order valence-electron chi connectivity index (χ2n) is 7.05. The van der Waals surface area contributed by atoms with Crippen LogP contribution < -0.4 is 20.5 Å². The summed E-state index contributed by atoms with van der Waals surface area (Å²) < 4.78 is 16.4. The van der Waals surface area contributed by atoms with Crippen LogP contribution in [0.25, 0.3) is 0 Å². The second-order valence-corrected chi connectivity index (χ2v) is 7.05. The van der Waals surface area contributed by atoms with Crippen LogP contribution in [0.5, 0.6) is 11.5 Å². The first kappa shape index (κ1) is 17.9. The smallest absolute Gasteiger partial charge is 0.406 e. The minimum Gasteiger partial charge on any atom is -0.493 e. The van der Waals surface area contributed by atoms with Gasteiger partial charge in [-0.3, -0.25) is 0 Å². The minimum absolute atomic E-state index is 0.00705. The highest BCUT2D eigenvalue weighted by atomic mass is 16.5. The summed E-state index contributed by atoms with van der Waals surface area (Å²) in [6.07, 6.45) is 4.88. The molecule has 1 aromatic rings. The molecule has 6 heteroatoms. The van der Waals surface area contributed by atoms with E-state index in [9.17, 15) is 4.79 Å². The zero-order valence-electron chi connectivity index (χ0n) is 15.0. The van der Waals surface area contributed by atoms with Crippen molar-refractivity contribution < 1.29 is 19.0 Å². The molecule has 3 rings (SSSR count). The Morgan fingerprint density at radius 2 is 2.12 bits per heavy atom. The van der Waals surface area contributed by atoms with Gasteiger partial charge in [-0.05, 0) is 55.2 Å². The lowest BCUT2D eigenvalue weighted by Crippen LogP contribution is -2.31. The van der Waals surface area contributed by atoms with E-state index in [4.69, 9.17) is 15.2 Å². The van der Waals surface area contributed by atoms with Crippen molar-refractivity contribution in [2.24, 2.45) is 17.6 Å². The van der Waals surface area contributed by atoms with Gasteiger partial charge < -0.3 is 25.3 Å². The van der Waals surface area contributed by atoms with Crippen molar-refractivity contribution in [3.8, 4) is 11.5 Å². The summed E-state index contributed by atoms with van der Waals surface area (Å²) in [7, 11) is 3.00. The molecule has 6 nitrogen and oxygen atoms in total. The van der Waals surface area contributed by atoms with Crippen molar-refractivity contribution in [2.45, 2.75) is 37.7 Å². The van der Waals surface area contributed by atoms with Gasteiger partial charge in [0.25, 0.3) is 0 Å². The van der Waals surface area contributed by atoms with Gasteiger partial charge in [0.15, 0.2) is 11.5 Å². The van der Waals surface area contributed by atoms with E-state index in [1.165, 1.54) is 26.4 Å². The molecule has 2 fully saturated rings. The van der Waals surface area contributed by atoms with Crippen molar-refractivity contribution in [3.63, 3.8) is 0 Å². The Morgan fingerprint density at radius 3 is 2.72 bits per heavy atom. The number of fused-ring (bicyclic) bond motifs is 2. The maximum absolute atomic E-state index is 11.3. The zero-order valence-corrected chi connectivity index (χ0v) is 15.0. The molecular formula is C19H28N2O4. The number of ether oxygens (including phenoxy) is 3. The van der Waals surface area contributed by atoms with Gasteiger partial charge in [0, 0.05) is 19.0 Å². The Morgan fingerprint density at radius 1 is 1.28 bits per heavy atom. The van der Waals surface area contributed by atoms with Gasteiger partial charge in [0.1, 0.15) is 6.10 Å². The van der Waals surface area contributed by atoms with E-state index in [0.717, 1.165) is 29.4 Å². The van der Waals surface area contributed by atoms with Crippen molar-refractivity contribution in [1.82, 2.24) is 5.32 Å². The Bertz CT molecular complexity index is 607. The maximum Gasteiger partial charge on any atom is 0.406 e. The quantitative estimate of drug-likeness (QED) is 0.791. The third-order valence-electron chi connectivity index (χ3n) is 5.57. The Balaban J connectivity index is 1.73. The molecule has 4 unspecified atom stereocenters. The van der Waals surface area contributed by atoms with Crippen LogP contribution in [0.15, 0.2) is 18.2 Å². The first-order valence-corrected chi connectivity index (χ1v) is 9.01. The predicted octanol–water partition coefficient (Wildman–Crippen LogP) is 2.66.